The molecule has 1 aromatic heterocycles. The van der Waals surface area contributed by atoms with Gasteiger partial charge in [-0.15, -0.1) is 0 Å². The Labute approximate surface area is 149 Å². The molecule has 1 aliphatic heterocycles. The molecule has 0 bridgehead atoms. The number of carbonyl (C=O) groups excluding carboxylic acids is 1. The molecule has 1 aliphatic rings. The van der Waals surface area contributed by atoms with Crippen LogP contribution in [0.1, 0.15) is 30.9 Å². The van der Waals surface area contributed by atoms with E-state index in [0.29, 0.717) is 13.1 Å². The van der Waals surface area contributed by atoms with E-state index in [1.54, 1.807) is 19.5 Å². The van der Waals surface area contributed by atoms with Gasteiger partial charge in [0.15, 0.2) is 0 Å². The molecular weight excluding hydrogens is 314 g/mol. The van der Waals surface area contributed by atoms with Crippen molar-refractivity contribution in [3.8, 4) is 5.75 Å². The molecule has 1 fully saturated rings. The minimum absolute atomic E-state index is 0.151. The average Bonchev–Trinajstić information content (AvgIpc) is 3.10. The zero-order valence-corrected chi connectivity index (χ0v) is 14.9. The highest BCUT2D eigenvalue weighted by Gasteiger charge is 2.38. The standard InChI is InChI=1S/C20H25N3O2/c1-20(10-3-11-22-20)19(24)23(15-17-8-12-21-13-9-17)14-16-4-6-18(25-2)7-5-16/h4-9,12-13,22H,3,10-11,14-15H2,1-2H3/t20-/m1/s1. The van der Waals surface area contributed by atoms with Crippen molar-refractivity contribution >= 4 is 5.91 Å². The van der Waals surface area contributed by atoms with E-state index < -0.39 is 5.54 Å². The summed E-state index contributed by atoms with van der Waals surface area (Å²) in [6.45, 7) is 4.05. The van der Waals surface area contributed by atoms with Gasteiger partial charge in [-0.1, -0.05) is 12.1 Å². The third kappa shape index (κ3) is 4.17. The third-order valence-corrected chi connectivity index (χ3v) is 4.78. The summed E-state index contributed by atoms with van der Waals surface area (Å²) in [4.78, 5) is 19.2. The molecule has 3 rings (SSSR count). The Morgan fingerprint density at radius 1 is 1.16 bits per heavy atom. The van der Waals surface area contributed by atoms with Crippen LogP contribution in [0.2, 0.25) is 0 Å². The maximum atomic E-state index is 13.2. The predicted molar refractivity (Wildman–Crippen MR) is 97.1 cm³/mol. The molecule has 0 saturated carbocycles. The second-order valence-corrected chi connectivity index (χ2v) is 6.73. The third-order valence-electron chi connectivity index (χ3n) is 4.78. The van der Waals surface area contributed by atoms with Crippen LogP contribution >= 0.6 is 0 Å². The number of nitrogens with zero attached hydrogens (tertiary/aromatic N) is 2. The van der Waals surface area contributed by atoms with E-state index in [9.17, 15) is 4.79 Å². The molecule has 5 nitrogen and oxygen atoms in total. The predicted octanol–water partition coefficient (Wildman–Crippen LogP) is 2.76. The van der Waals surface area contributed by atoms with Gasteiger partial charge < -0.3 is 15.0 Å². The number of aromatic nitrogens is 1. The minimum atomic E-state index is -0.473. The summed E-state index contributed by atoms with van der Waals surface area (Å²) in [6, 6.07) is 11.8. The normalized spacial score (nSPS) is 19.6. The zero-order valence-electron chi connectivity index (χ0n) is 14.9. The van der Waals surface area contributed by atoms with Crippen LogP contribution < -0.4 is 10.1 Å². The Morgan fingerprint density at radius 3 is 2.36 bits per heavy atom. The van der Waals surface area contributed by atoms with Gasteiger partial charge in [0, 0.05) is 25.5 Å². The summed E-state index contributed by atoms with van der Waals surface area (Å²) in [7, 11) is 1.65. The number of ether oxygens (including phenoxy) is 1. The molecule has 25 heavy (non-hydrogen) atoms. The smallest absolute Gasteiger partial charge is 0.243 e. The van der Waals surface area contributed by atoms with Crippen LogP contribution in [0, 0.1) is 0 Å². The highest BCUT2D eigenvalue weighted by molar-refractivity contribution is 5.86. The van der Waals surface area contributed by atoms with Crippen molar-refractivity contribution in [1.29, 1.82) is 0 Å². The Balaban J connectivity index is 1.81. The molecule has 2 heterocycles. The monoisotopic (exact) mass is 339 g/mol. The number of nitrogens with one attached hydrogen (secondary N) is 1. The second-order valence-electron chi connectivity index (χ2n) is 6.73. The molecule has 0 unspecified atom stereocenters. The topological polar surface area (TPSA) is 54.5 Å². The van der Waals surface area contributed by atoms with E-state index in [0.717, 1.165) is 36.3 Å². The van der Waals surface area contributed by atoms with Gasteiger partial charge >= 0.3 is 0 Å². The van der Waals surface area contributed by atoms with Crippen molar-refractivity contribution in [3.05, 3.63) is 59.9 Å². The van der Waals surface area contributed by atoms with Crippen molar-refractivity contribution in [1.82, 2.24) is 15.2 Å². The second kappa shape index (κ2) is 7.66. The average molecular weight is 339 g/mol. The number of methoxy groups -OCH3 is 1. The Bertz CT molecular complexity index is 695. The number of benzene rings is 1. The molecule has 1 aromatic carbocycles. The molecule has 132 valence electrons. The van der Waals surface area contributed by atoms with Gasteiger partial charge in [-0.05, 0) is 61.7 Å². The van der Waals surface area contributed by atoms with E-state index >= 15 is 0 Å². The van der Waals surface area contributed by atoms with Gasteiger partial charge in [-0.25, -0.2) is 0 Å². The SMILES string of the molecule is COc1ccc(CN(Cc2ccncc2)C(=O)[C@@]2(C)CCCN2)cc1. The van der Waals surface area contributed by atoms with Crippen LogP contribution in [0.15, 0.2) is 48.8 Å². The highest BCUT2D eigenvalue weighted by Crippen LogP contribution is 2.24. The van der Waals surface area contributed by atoms with Gasteiger partial charge in [0.05, 0.1) is 12.6 Å². The maximum absolute atomic E-state index is 13.2. The van der Waals surface area contributed by atoms with Crippen molar-refractivity contribution in [2.75, 3.05) is 13.7 Å². The fourth-order valence-electron chi connectivity index (χ4n) is 3.29. The van der Waals surface area contributed by atoms with Crippen LogP contribution in [0.25, 0.3) is 0 Å². The Morgan fingerprint density at radius 2 is 1.80 bits per heavy atom. The number of hydrogen-bond acceptors (Lipinski definition) is 4. The maximum Gasteiger partial charge on any atom is 0.243 e. The summed E-state index contributed by atoms with van der Waals surface area (Å²) in [5.41, 5.74) is 1.70. The molecule has 1 amide bonds. The fraction of sp³-hybridized carbons (Fsp3) is 0.400. The molecule has 0 aliphatic carbocycles. The number of carbonyl (C=O) groups is 1. The lowest BCUT2D eigenvalue weighted by Gasteiger charge is -2.32. The summed E-state index contributed by atoms with van der Waals surface area (Å²) < 4.78 is 5.22. The Hall–Kier alpha value is -2.40. The van der Waals surface area contributed by atoms with Gasteiger partial charge in [0.1, 0.15) is 5.75 Å². The molecule has 1 saturated heterocycles. The van der Waals surface area contributed by atoms with Crippen molar-refractivity contribution in [3.63, 3.8) is 0 Å². The summed E-state index contributed by atoms with van der Waals surface area (Å²) >= 11 is 0. The molecule has 2 aromatic rings. The van der Waals surface area contributed by atoms with Crippen LogP contribution in [0.5, 0.6) is 5.75 Å². The quantitative estimate of drug-likeness (QED) is 0.879. The van der Waals surface area contributed by atoms with E-state index in [1.165, 1.54) is 0 Å². The van der Waals surface area contributed by atoms with Gasteiger partial charge in [0.2, 0.25) is 5.91 Å². The number of amides is 1. The lowest BCUT2D eigenvalue weighted by molar-refractivity contribution is -0.138. The van der Waals surface area contributed by atoms with E-state index in [2.05, 4.69) is 10.3 Å². The molecule has 1 atom stereocenters. The first-order valence-corrected chi connectivity index (χ1v) is 8.67. The summed E-state index contributed by atoms with van der Waals surface area (Å²) in [5, 5.41) is 3.38. The van der Waals surface area contributed by atoms with Crippen molar-refractivity contribution in [2.24, 2.45) is 0 Å². The first kappa shape index (κ1) is 17.4. The summed E-state index contributed by atoms with van der Waals surface area (Å²) in [6.07, 6.45) is 5.44. The van der Waals surface area contributed by atoms with Crippen LogP contribution in [-0.2, 0) is 17.9 Å². The minimum Gasteiger partial charge on any atom is -0.497 e. The van der Waals surface area contributed by atoms with Gasteiger partial charge in [0.25, 0.3) is 0 Å². The first-order valence-electron chi connectivity index (χ1n) is 8.67. The van der Waals surface area contributed by atoms with Crippen molar-refractivity contribution in [2.45, 2.75) is 38.4 Å². The number of rotatable bonds is 6. The number of hydrogen-bond donors (Lipinski definition) is 1. The largest absolute Gasteiger partial charge is 0.497 e. The van der Waals surface area contributed by atoms with E-state index in [4.69, 9.17) is 4.74 Å². The summed E-state index contributed by atoms with van der Waals surface area (Å²) in [5.74, 6) is 0.970. The number of pyridine rings is 1. The molecule has 0 spiro atoms. The van der Waals surface area contributed by atoms with E-state index in [-0.39, 0.29) is 5.91 Å². The molecule has 0 radical (unpaired) electrons. The fourth-order valence-corrected chi connectivity index (χ4v) is 3.29. The van der Waals surface area contributed by atoms with Crippen molar-refractivity contribution < 1.29 is 9.53 Å². The Kier molecular flexibility index (Phi) is 5.34. The lowest BCUT2D eigenvalue weighted by atomic mass is 9.97. The van der Waals surface area contributed by atoms with Crippen LogP contribution in [0.3, 0.4) is 0 Å². The first-order chi connectivity index (χ1) is 12.1. The molecule has 5 heteroatoms. The van der Waals surface area contributed by atoms with Gasteiger partial charge in [-0.2, -0.15) is 0 Å². The molecule has 1 N–H and O–H groups in total. The van der Waals surface area contributed by atoms with Crippen LogP contribution in [-0.4, -0.2) is 35.0 Å². The van der Waals surface area contributed by atoms with Crippen LogP contribution in [0.4, 0.5) is 0 Å². The zero-order chi connectivity index (χ0) is 17.7. The van der Waals surface area contributed by atoms with Gasteiger partial charge in [-0.3, -0.25) is 9.78 Å². The molecular formula is C20H25N3O2. The lowest BCUT2D eigenvalue weighted by Crippen LogP contribution is -2.52. The highest BCUT2D eigenvalue weighted by atomic mass is 16.5. The van der Waals surface area contributed by atoms with E-state index in [1.807, 2.05) is 48.2 Å².